The summed E-state index contributed by atoms with van der Waals surface area (Å²) < 4.78 is 0. The van der Waals surface area contributed by atoms with Crippen molar-refractivity contribution in [3.05, 3.63) is 70.3 Å². The molecule has 0 saturated carbocycles. The Balaban J connectivity index is 1.63. The molecule has 0 aromatic heterocycles. The first-order valence-corrected chi connectivity index (χ1v) is 7.35. The summed E-state index contributed by atoms with van der Waals surface area (Å²) in [5.74, 6) is -0.0315. The highest BCUT2D eigenvalue weighted by Gasteiger charge is 2.13. The predicted molar refractivity (Wildman–Crippen MR) is 82.0 cm³/mol. The number of hydrogen-bond acceptors (Lipinski definition) is 2. The van der Waals surface area contributed by atoms with Crippen molar-refractivity contribution in [3.8, 4) is 0 Å². The van der Waals surface area contributed by atoms with Gasteiger partial charge in [0, 0.05) is 12.1 Å². The number of nitrogens with one attached hydrogen (secondary N) is 1. The highest BCUT2D eigenvalue weighted by atomic mass is 16.3. The number of hydrogen-bond donors (Lipinski definition) is 2. The smallest absolute Gasteiger partial charge is 0.251 e. The highest BCUT2D eigenvalue weighted by Crippen LogP contribution is 2.22. The predicted octanol–water partition coefficient (Wildman–Crippen LogP) is 2.60. The molecule has 108 valence electrons. The Morgan fingerprint density at radius 1 is 1.00 bits per heavy atom. The Bertz CT molecular complexity index is 647. The van der Waals surface area contributed by atoms with Crippen molar-refractivity contribution in [2.45, 2.75) is 32.4 Å². The quantitative estimate of drug-likeness (QED) is 0.905. The van der Waals surface area contributed by atoms with Crippen molar-refractivity contribution in [1.82, 2.24) is 5.32 Å². The van der Waals surface area contributed by atoms with Crippen LogP contribution < -0.4 is 5.32 Å². The Labute approximate surface area is 124 Å². The zero-order valence-electron chi connectivity index (χ0n) is 11.9. The maximum absolute atomic E-state index is 12.2. The maximum Gasteiger partial charge on any atom is 0.251 e. The molecule has 2 N–H and O–H groups in total. The van der Waals surface area contributed by atoms with Gasteiger partial charge in [-0.3, -0.25) is 4.79 Å². The fourth-order valence-corrected chi connectivity index (χ4v) is 2.76. The lowest BCUT2D eigenvalue weighted by Crippen LogP contribution is -2.22. The molecule has 0 aliphatic heterocycles. The average Bonchev–Trinajstić information content (AvgIpc) is 3.00. The molecule has 0 spiro atoms. The molecule has 0 atom stereocenters. The summed E-state index contributed by atoms with van der Waals surface area (Å²) in [7, 11) is 0. The van der Waals surface area contributed by atoms with E-state index in [1.807, 2.05) is 36.4 Å². The molecule has 2 aromatic carbocycles. The van der Waals surface area contributed by atoms with E-state index >= 15 is 0 Å². The minimum atomic E-state index is -0.0315. The number of benzene rings is 2. The molecule has 0 heterocycles. The van der Waals surface area contributed by atoms with Gasteiger partial charge in [0.05, 0.1) is 6.61 Å². The number of carbonyl (C=O) groups is 1. The molecule has 1 aliphatic carbocycles. The van der Waals surface area contributed by atoms with Crippen LogP contribution in [0, 0.1) is 0 Å². The van der Waals surface area contributed by atoms with E-state index in [1.165, 1.54) is 17.5 Å². The minimum Gasteiger partial charge on any atom is -0.392 e. The van der Waals surface area contributed by atoms with Crippen LogP contribution in [0.4, 0.5) is 0 Å². The van der Waals surface area contributed by atoms with Gasteiger partial charge in [0.15, 0.2) is 0 Å². The molecule has 1 aliphatic rings. The second kappa shape index (κ2) is 6.10. The first-order valence-electron chi connectivity index (χ1n) is 7.35. The molecule has 21 heavy (non-hydrogen) atoms. The first kappa shape index (κ1) is 13.8. The fraction of sp³-hybridized carbons (Fsp3) is 0.278. The summed E-state index contributed by atoms with van der Waals surface area (Å²) in [6.45, 7) is 0.545. The lowest BCUT2D eigenvalue weighted by Gasteiger charge is -2.08. The van der Waals surface area contributed by atoms with Crippen molar-refractivity contribution < 1.29 is 9.90 Å². The Morgan fingerprint density at radius 3 is 2.48 bits per heavy atom. The second-order valence-electron chi connectivity index (χ2n) is 5.49. The van der Waals surface area contributed by atoms with E-state index in [9.17, 15) is 4.79 Å². The van der Waals surface area contributed by atoms with Gasteiger partial charge in [-0.25, -0.2) is 0 Å². The number of carbonyl (C=O) groups excluding carboxylic acids is 1. The number of amides is 1. The SMILES string of the molecule is O=C(NCc1ccc(CO)cc1)c1ccc2c(c1)CCC2. The molecule has 3 heteroatoms. The molecule has 0 bridgehead atoms. The molecule has 1 amide bonds. The second-order valence-corrected chi connectivity index (χ2v) is 5.49. The van der Waals surface area contributed by atoms with E-state index in [1.54, 1.807) is 0 Å². The third kappa shape index (κ3) is 3.14. The monoisotopic (exact) mass is 281 g/mol. The number of rotatable bonds is 4. The van der Waals surface area contributed by atoms with Crippen LogP contribution in [0.2, 0.25) is 0 Å². The Morgan fingerprint density at radius 2 is 1.71 bits per heavy atom. The van der Waals surface area contributed by atoms with Crippen LogP contribution in [-0.2, 0) is 26.0 Å². The van der Waals surface area contributed by atoms with Crippen molar-refractivity contribution >= 4 is 5.91 Å². The molecule has 0 fully saturated rings. The van der Waals surface area contributed by atoms with Crippen LogP contribution in [-0.4, -0.2) is 11.0 Å². The van der Waals surface area contributed by atoms with Gasteiger partial charge >= 0.3 is 0 Å². The van der Waals surface area contributed by atoms with Crippen molar-refractivity contribution in [2.75, 3.05) is 0 Å². The van der Waals surface area contributed by atoms with Gasteiger partial charge in [0.25, 0.3) is 5.91 Å². The van der Waals surface area contributed by atoms with Crippen LogP contribution in [0.25, 0.3) is 0 Å². The van der Waals surface area contributed by atoms with Gasteiger partial charge in [-0.2, -0.15) is 0 Å². The van der Waals surface area contributed by atoms with Gasteiger partial charge in [0.2, 0.25) is 0 Å². The van der Waals surface area contributed by atoms with Gasteiger partial charge in [0.1, 0.15) is 0 Å². The number of fused-ring (bicyclic) bond motifs is 1. The molecule has 0 saturated heterocycles. The third-order valence-electron chi connectivity index (χ3n) is 4.02. The fourth-order valence-electron chi connectivity index (χ4n) is 2.76. The van der Waals surface area contributed by atoms with Crippen molar-refractivity contribution in [2.24, 2.45) is 0 Å². The van der Waals surface area contributed by atoms with Gasteiger partial charge in [-0.15, -0.1) is 0 Å². The minimum absolute atomic E-state index is 0.0315. The van der Waals surface area contributed by atoms with Gasteiger partial charge < -0.3 is 10.4 Å². The summed E-state index contributed by atoms with van der Waals surface area (Å²) in [6, 6.07) is 13.6. The van der Waals surface area contributed by atoms with E-state index < -0.39 is 0 Å². The van der Waals surface area contributed by atoms with E-state index in [4.69, 9.17) is 5.11 Å². The molecule has 3 nitrogen and oxygen atoms in total. The molecule has 2 aromatic rings. The number of aryl methyl sites for hydroxylation is 2. The van der Waals surface area contributed by atoms with Crippen molar-refractivity contribution in [3.63, 3.8) is 0 Å². The first-order chi connectivity index (χ1) is 10.3. The van der Waals surface area contributed by atoms with Crippen molar-refractivity contribution in [1.29, 1.82) is 0 Å². The summed E-state index contributed by atoms with van der Waals surface area (Å²) in [4.78, 5) is 12.2. The standard InChI is InChI=1S/C18H19NO2/c20-12-14-6-4-13(5-7-14)11-19-18(21)17-9-8-15-2-1-3-16(15)10-17/h4-10,20H,1-3,11-12H2,(H,19,21). The van der Waals surface area contributed by atoms with E-state index in [0.29, 0.717) is 6.54 Å². The van der Waals surface area contributed by atoms with Gasteiger partial charge in [-0.05, 0) is 53.6 Å². The number of aliphatic hydroxyl groups is 1. The number of aliphatic hydroxyl groups excluding tert-OH is 1. The maximum atomic E-state index is 12.2. The summed E-state index contributed by atoms with van der Waals surface area (Å²) in [5, 5.41) is 11.9. The third-order valence-corrected chi connectivity index (χ3v) is 4.02. The summed E-state index contributed by atoms with van der Waals surface area (Å²) >= 11 is 0. The zero-order chi connectivity index (χ0) is 14.7. The molecule has 0 unspecified atom stereocenters. The van der Waals surface area contributed by atoms with Gasteiger partial charge in [-0.1, -0.05) is 30.3 Å². The summed E-state index contributed by atoms with van der Waals surface area (Å²) in [5.41, 5.74) is 5.34. The lowest BCUT2D eigenvalue weighted by molar-refractivity contribution is 0.0951. The van der Waals surface area contributed by atoms with Crippen LogP contribution in [0.5, 0.6) is 0 Å². The Kier molecular flexibility index (Phi) is 4.02. The van der Waals surface area contributed by atoms with Crippen LogP contribution >= 0.6 is 0 Å². The van der Waals surface area contributed by atoms with Crippen LogP contribution in [0.15, 0.2) is 42.5 Å². The largest absolute Gasteiger partial charge is 0.392 e. The molecule has 0 radical (unpaired) electrons. The van der Waals surface area contributed by atoms with E-state index in [2.05, 4.69) is 11.4 Å². The molecule has 3 rings (SSSR count). The average molecular weight is 281 g/mol. The Hall–Kier alpha value is -2.13. The topological polar surface area (TPSA) is 49.3 Å². The van der Waals surface area contributed by atoms with E-state index in [-0.39, 0.29) is 12.5 Å². The zero-order valence-corrected chi connectivity index (χ0v) is 11.9. The van der Waals surface area contributed by atoms with E-state index in [0.717, 1.165) is 29.5 Å². The lowest BCUT2D eigenvalue weighted by atomic mass is 10.1. The summed E-state index contributed by atoms with van der Waals surface area (Å²) in [6.07, 6.45) is 3.41. The van der Waals surface area contributed by atoms with Crippen LogP contribution in [0.3, 0.4) is 0 Å². The molecular weight excluding hydrogens is 262 g/mol. The van der Waals surface area contributed by atoms with Crippen LogP contribution in [0.1, 0.15) is 39.0 Å². The highest BCUT2D eigenvalue weighted by molar-refractivity contribution is 5.94. The normalized spacial score (nSPS) is 13.0. The molecular formula is C18H19NO2.